The average molecular weight is 194 g/mol. The Hall–Kier alpha value is -1.29. The van der Waals surface area contributed by atoms with Crippen LogP contribution in [0, 0.1) is 6.92 Å². The van der Waals surface area contributed by atoms with Gasteiger partial charge >= 0.3 is 0 Å². The standard InChI is InChI=1S/C9H10N2OS/c1-7-4-10-9(13-7)11-5-8-2-3-12-6-8/h2-4,6H,5H2,1H3,(H,10,11). The second-order valence-corrected chi connectivity index (χ2v) is 4.00. The molecule has 0 aliphatic heterocycles. The minimum absolute atomic E-state index is 0.767. The molecule has 0 unspecified atom stereocenters. The molecule has 0 radical (unpaired) electrons. The van der Waals surface area contributed by atoms with Crippen molar-refractivity contribution >= 4 is 16.5 Å². The van der Waals surface area contributed by atoms with Gasteiger partial charge in [-0.15, -0.1) is 11.3 Å². The molecule has 0 aliphatic rings. The Bertz CT molecular complexity index is 367. The topological polar surface area (TPSA) is 38.1 Å². The molecule has 2 aromatic rings. The van der Waals surface area contributed by atoms with E-state index in [0.717, 1.165) is 17.2 Å². The third-order valence-corrected chi connectivity index (χ3v) is 2.52. The van der Waals surface area contributed by atoms with E-state index in [1.807, 2.05) is 19.2 Å². The van der Waals surface area contributed by atoms with Crippen LogP contribution in [0.4, 0.5) is 5.13 Å². The Labute approximate surface area is 80.4 Å². The van der Waals surface area contributed by atoms with Gasteiger partial charge in [-0.3, -0.25) is 0 Å². The predicted molar refractivity (Wildman–Crippen MR) is 52.9 cm³/mol. The Kier molecular flexibility index (Phi) is 2.31. The van der Waals surface area contributed by atoms with Gasteiger partial charge in [-0.1, -0.05) is 0 Å². The highest BCUT2D eigenvalue weighted by Gasteiger charge is 1.98. The van der Waals surface area contributed by atoms with Gasteiger partial charge in [0.25, 0.3) is 0 Å². The van der Waals surface area contributed by atoms with E-state index in [0.29, 0.717) is 0 Å². The van der Waals surface area contributed by atoms with Crippen LogP contribution in [0.3, 0.4) is 0 Å². The summed E-state index contributed by atoms with van der Waals surface area (Å²) >= 11 is 1.66. The molecule has 0 atom stereocenters. The lowest BCUT2D eigenvalue weighted by molar-refractivity contribution is 0.564. The summed E-state index contributed by atoms with van der Waals surface area (Å²) in [5.74, 6) is 0. The molecule has 0 amide bonds. The maximum absolute atomic E-state index is 4.95. The third kappa shape index (κ3) is 2.09. The number of furan rings is 1. The number of rotatable bonds is 3. The quantitative estimate of drug-likeness (QED) is 0.816. The van der Waals surface area contributed by atoms with Gasteiger partial charge in [0.05, 0.1) is 12.5 Å². The Morgan fingerprint density at radius 2 is 2.54 bits per heavy atom. The fourth-order valence-corrected chi connectivity index (χ4v) is 1.67. The van der Waals surface area contributed by atoms with Gasteiger partial charge in [0.15, 0.2) is 5.13 Å². The monoisotopic (exact) mass is 194 g/mol. The summed E-state index contributed by atoms with van der Waals surface area (Å²) in [7, 11) is 0. The van der Waals surface area contributed by atoms with Crippen molar-refractivity contribution in [3.8, 4) is 0 Å². The molecule has 3 nitrogen and oxygen atoms in total. The number of anilines is 1. The van der Waals surface area contributed by atoms with Crippen molar-refractivity contribution in [2.75, 3.05) is 5.32 Å². The van der Waals surface area contributed by atoms with Gasteiger partial charge in [0.2, 0.25) is 0 Å². The summed E-state index contributed by atoms with van der Waals surface area (Å²) < 4.78 is 4.95. The van der Waals surface area contributed by atoms with Gasteiger partial charge in [-0.05, 0) is 13.0 Å². The second-order valence-electron chi connectivity index (χ2n) is 2.76. The predicted octanol–water partition coefficient (Wildman–Crippen LogP) is 2.66. The van der Waals surface area contributed by atoms with Crippen molar-refractivity contribution in [1.29, 1.82) is 0 Å². The zero-order chi connectivity index (χ0) is 9.10. The molecule has 4 heteroatoms. The fraction of sp³-hybridized carbons (Fsp3) is 0.222. The van der Waals surface area contributed by atoms with E-state index >= 15 is 0 Å². The third-order valence-electron chi connectivity index (χ3n) is 1.65. The average Bonchev–Trinajstić information content (AvgIpc) is 2.71. The molecule has 0 aromatic carbocycles. The lowest BCUT2D eigenvalue weighted by atomic mass is 10.3. The van der Waals surface area contributed by atoms with Crippen LogP contribution in [-0.2, 0) is 6.54 Å². The number of thiazole rings is 1. The van der Waals surface area contributed by atoms with E-state index in [-0.39, 0.29) is 0 Å². The molecule has 0 saturated carbocycles. The SMILES string of the molecule is Cc1cnc(NCc2ccoc2)s1. The molecular weight excluding hydrogens is 184 g/mol. The molecule has 68 valence electrons. The first-order valence-electron chi connectivity index (χ1n) is 4.02. The van der Waals surface area contributed by atoms with Gasteiger partial charge in [-0.2, -0.15) is 0 Å². The van der Waals surface area contributed by atoms with Crippen molar-refractivity contribution in [3.05, 3.63) is 35.2 Å². The minimum Gasteiger partial charge on any atom is -0.472 e. The molecule has 1 N–H and O–H groups in total. The maximum atomic E-state index is 4.95. The molecule has 0 bridgehead atoms. The first kappa shape index (κ1) is 8.31. The van der Waals surface area contributed by atoms with E-state index in [4.69, 9.17) is 4.42 Å². The first-order valence-corrected chi connectivity index (χ1v) is 4.83. The van der Waals surface area contributed by atoms with Crippen LogP contribution in [0.15, 0.2) is 29.2 Å². The van der Waals surface area contributed by atoms with Crippen LogP contribution in [0.25, 0.3) is 0 Å². The molecule has 2 heterocycles. The zero-order valence-corrected chi connectivity index (χ0v) is 8.10. The Balaban J connectivity index is 1.93. The lowest BCUT2D eigenvalue weighted by Crippen LogP contribution is -1.96. The van der Waals surface area contributed by atoms with E-state index < -0.39 is 0 Å². The number of aromatic nitrogens is 1. The van der Waals surface area contributed by atoms with E-state index in [1.54, 1.807) is 23.9 Å². The second kappa shape index (κ2) is 3.62. The highest BCUT2D eigenvalue weighted by Crippen LogP contribution is 2.17. The van der Waals surface area contributed by atoms with Crippen LogP contribution in [0.5, 0.6) is 0 Å². The Morgan fingerprint density at radius 1 is 1.62 bits per heavy atom. The number of hydrogen-bond acceptors (Lipinski definition) is 4. The van der Waals surface area contributed by atoms with E-state index in [9.17, 15) is 0 Å². The summed E-state index contributed by atoms with van der Waals surface area (Å²) in [6, 6.07) is 1.94. The molecule has 0 fully saturated rings. The summed E-state index contributed by atoms with van der Waals surface area (Å²) in [6.45, 7) is 2.81. The van der Waals surface area contributed by atoms with E-state index in [1.165, 1.54) is 4.88 Å². The summed E-state index contributed by atoms with van der Waals surface area (Å²) in [5.41, 5.74) is 1.13. The molecule has 0 spiro atoms. The molecule has 0 saturated heterocycles. The number of hydrogen-bond donors (Lipinski definition) is 1. The summed E-state index contributed by atoms with van der Waals surface area (Å²) in [6.07, 6.45) is 5.26. The normalized spacial score (nSPS) is 10.2. The number of aryl methyl sites for hydroxylation is 1. The minimum atomic E-state index is 0.767. The molecule has 2 aromatic heterocycles. The van der Waals surface area contributed by atoms with Crippen molar-refractivity contribution in [1.82, 2.24) is 4.98 Å². The van der Waals surface area contributed by atoms with Crippen LogP contribution >= 0.6 is 11.3 Å². The van der Waals surface area contributed by atoms with Gasteiger partial charge in [-0.25, -0.2) is 4.98 Å². The van der Waals surface area contributed by atoms with Crippen molar-refractivity contribution in [2.24, 2.45) is 0 Å². The van der Waals surface area contributed by atoms with Crippen LogP contribution in [-0.4, -0.2) is 4.98 Å². The van der Waals surface area contributed by atoms with Gasteiger partial charge in [0, 0.05) is 23.2 Å². The zero-order valence-electron chi connectivity index (χ0n) is 7.28. The number of nitrogens with zero attached hydrogens (tertiary/aromatic N) is 1. The fourth-order valence-electron chi connectivity index (χ4n) is 1.01. The largest absolute Gasteiger partial charge is 0.472 e. The van der Waals surface area contributed by atoms with Crippen LogP contribution < -0.4 is 5.32 Å². The van der Waals surface area contributed by atoms with E-state index in [2.05, 4.69) is 10.3 Å². The smallest absolute Gasteiger partial charge is 0.183 e. The first-order chi connectivity index (χ1) is 6.34. The molecule has 2 rings (SSSR count). The lowest BCUT2D eigenvalue weighted by Gasteiger charge is -1.97. The van der Waals surface area contributed by atoms with Crippen LogP contribution in [0.2, 0.25) is 0 Å². The van der Waals surface area contributed by atoms with Crippen LogP contribution in [0.1, 0.15) is 10.4 Å². The summed E-state index contributed by atoms with van der Waals surface area (Å²) in [4.78, 5) is 5.41. The molecule has 13 heavy (non-hydrogen) atoms. The van der Waals surface area contributed by atoms with Crippen molar-refractivity contribution in [2.45, 2.75) is 13.5 Å². The number of nitrogens with one attached hydrogen (secondary N) is 1. The molecular formula is C9H10N2OS. The van der Waals surface area contributed by atoms with Gasteiger partial charge < -0.3 is 9.73 Å². The highest BCUT2D eigenvalue weighted by molar-refractivity contribution is 7.15. The van der Waals surface area contributed by atoms with Gasteiger partial charge in [0.1, 0.15) is 0 Å². The molecule has 0 aliphatic carbocycles. The maximum Gasteiger partial charge on any atom is 0.183 e. The summed E-state index contributed by atoms with van der Waals surface area (Å²) in [5, 5.41) is 4.17. The van der Waals surface area contributed by atoms with Crippen molar-refractivity contribution < 1.29 is 4.42 Å². The highest BCUT2D eigenvalue weighted by atomic mass is 32.1. The van der Waals surface area contributed by atoms with Crippen molar-refractivity contribution in [3.63, 3.8) is 0 Å². The Morgan fingerprint density at radius 3 is 3.15 bits per heavy atom.